The molecular weight excluding hydrogens is 382 g/mol. The standard InChI is InChI=1S/C19H14F2N6O2/c20-11-5-6-14(21)13(8-11)18(28)22-9-15-24-25-17-12(2-1-7-27(15)17)19-23-16(26-29-19)10-3-4-10/h1-2,5-8,10H,3-4,9H2,(H,22,28). The molecule has 0 atom stereocenters. The average molecular weight is 396 g/mol. The largest absolute Gasteiger partial charge is 0.345 e. The molecule has 1 aliphatic carbocycles. The molecule has 3 heterocycles. The molecule has 1 amide bonds. The predicted molar refractivity (Wildman–Crippen MR) is 95.8 cm³/mol. The van der Waals surface area contributed by atoms with Crippen molar-refractivity contribution >= 4 is 11.6 Å². The third-order valence-corrected chi connectivity index (χ3v) is 4.70. The fraction of sp³-hybridized carbons (Fsp3) is 0.211. The van der Waals surface area contributed by atoms with Gasteiger partial charge in [0.15, 0.2) is 17.3 Å². The van der Waals surface area contributed by atoms with Gasteiger partial charge in [0, 0.05) is 12.1 Å². The first kappa shape index (κ1) is 17.4. The van der Waals surface area contributed by atoms with E-state index in [0.29, 0.717) is 34.7 Å². The summed E-state index contributed by atoms with van der Waals surface area (Å²) in [7, 11) is 0. The van der Waals surface area contributed by atoms with Crippen LogP contribution >= 0.6 is 0 Å². The lowest BCUT2D eigenvalue weighted by molar-refractivity contribution is 0.0945. The molecule has 1 aromatic carbocycles. The quantitative estimate of drug-likeness (QED) is 0.557. The number of halogens is 2. The van der Waals surface area contributed by atoms with Crippen LogP contribution in [0.25, 0.3) is 17.1 Å². The first-order chi connectivity index (χ1) is 14.1. The van der Waals surface area contributed by atoms with Crippen LogP contribution in [-0.4, -0.2) is 30.6 Å². The number of benzene rings is 1. The SMILES string of the molecule is O=C(NCc1nnc2c(-c3nc(C4CC4)no3)cccn12)c1cc(F)ccc1F. The molecule has 1 aliphatic rings. The Morgan fingerprint density at radius 2 is 2.10 bits per heavy atom. The van der Waals surface area contributed by atoms with Gasteiger partial charge in [-0.15, -0.1) is 10.2 Å². The van der Waals surface area contributed by atoms with Crippen molar-refractivity contribution in [2.24, 2.45) is 0 Å². The molecule has 1 N–H and O–H groups in total. The van der Waals surface area contributed by atoms with E-state index < -0.39 is 17.5 Å². The molecule has 29 heavy (non-hydrogen) atoms. The molecule has 10 heteroatoms. The Labute approximate surface area is 162 Å². The number of hydrogen-bond acceptors (Lipinski definition) is 6. The van der Waals surface area contributed by atoms with Gasteiger partial charge in [0.05, 0.1) is 17.7 Å². The summed E-state index contributed by atoms with van der Waals surface area (Å²) in [5.41, 5.74) is 0.728. The number of aromatic nitrogens is 5. The summed E-state index contributed by atoms with van der Waals surface area (Å²) < 4.78 is 34.1. The normalized spacial score (nSPS) is 13.7. The lowest BCUT2D eigenvalue weighted by Crippen LogP contribution is -2.25. The highest BCUT2D eigenvalue weighted by Gasteiger charge is 2.29. The van der Waals surface area contributed by atoms with Crippen LogP contribution in [-0.2, 0) is 6.54 Å². The summed E-state index contributed by atoms with van der Waals surface area (Å²) >= 11 is 0. The third-order valence-electron chi connectivity index (χ3n) is 4.70. The highest BCUT2D eigenvalue weighted by Crippen LogP contribution is 2.39. The Morgan fingerprint density at radius 1 is 1.24 bits per heavy atom. The molecule has 0 spiro atoms. The number of carbonyl (C=O) groups is 1. The summed E-state index contributed by atoms with van der Waals surface area (Å²) in [5.74, 6) is -0.443. The minimum Gasteiger partial charge on any atom is -0.345 e. The van der Waals surface area contributed by atoms with E-state index in [4.69, 9.17) is 4.52 Å². The van der Waals surface area contributed by atoms with Crippen molar-refractivity contribution in [1.82, 2.24) is 30.1 Å². The Hall–Kier alpha value is -3.69. The monoisotopic (exact) mass is 396 g/mol. The van der Waals surface area contributed by atoms with Gasteiger partial charge in [-0.2, -0.15) is 4.98 Å². The van der Waals surface area contributed by atoms with Gasteiger partial charge >= 0.3 is 0 Å². The summed E-state index contributed by atoms with van der Waals surface area (Å²) in [4.78, 5) is 16.6. The van der Waals surface area contributed by atoms with E-state index >= 15 is 0 Å². The topological polar surface area (TPSA) is 98.2 Å². The molecule has 0 bridgehead atoms. The fourth-order valence-corrected chi connectivity index (χ4v) is 3.03. The molecule has 3 aromatic heterocycles. The van der Waals surface area contributed by atoms with Crippen molar-refractivity contribution in [3.05, 3.63) is 65.4 Å². The number of nitrogens with one attached hydrogen (secondary N) is 1. The fourth-order valence-electron chi connectivity index (χ4n) is 3.03. The molecule has 0 radical (unpaired) electrons. The molecule has 0 saturated heterocycles. The van der Waals surface area contributed by atoms with E-state index in [9.17, 15) is 13.6 Å². The smallest absolute Gasteiger partial charge is 0.261 e. The molecule has 0 aliphatic heterocycles. The van der Waals surface area contributed by atoms with Crippen LogP contribution in [0.15, 0.2) is 41.1 Å². The second-order valence-corrected chi connectivity index (χ2v) is 6.77. The Kier molecular flexibility index (Phi) is 4.04. The Balaban J connectivity index is 1.40. The van der Waals surface area contributed by atoms with Crippen LogP contribution < -0.4 is 5.32 Å². The van der Waals surface area contributed by atoms with Crippen LogP contribution in [0.3, 0.4) is 0 Å². The molecule has 1 fully saturated rings. The Morgan fingerprint density at radius 3 is 2.93 bits per heavy atom. The molecular formula is C19H14F2N6O2. The van der Waals surface area contributed by atoms with Crippen LogP contribution in [0.4, 0.5) is 8.78 Å². The van der Waals surface area contributed by atoms with Gasteiger partial charge in [-0.3, -0.25) is 9.20 Å². The Bertz CT molecular complexity index is 1230. The average Bonchev–Trinajstić information content (AvgIpc) is 3.31. The molecule has 1 saturated carbocycles. The zero-order chi connectivity index (χ0) is 20.0. The van der Waals surface area contributed by atoms with E-state index in [2.05, 4.69) is 25.7 Å². The van der Waals surface area contributed by atoms with Gasteiger partial charge in [-0.25, -0.2) is 8.78 Å². The van der Waals surface area contributed by atoms with Crippen LogP contribution in [0.5, 0.6) is 0 Å². The van der Waals surface area contributed by atoms with Crippen LogP contribution in [0.2, 0.25) is 0 Å². The summed E-state index contributed by atoms with van der Waals surface area (Å²) in [6.45, 7) is -0.0312. The third kappa shape index (κ3) is 3.22. The minimum atomic E-state index is -0.805. The molecule has 146 valence electrons. The van der Waals surface area contributed by atoms with Crippen molar-refractivity contribution in [1.29, 1.82) is 0 Å². The molecule has 0 unspecified atom stereocenters. The number of nitrogens with zero attached hydrogens (tertiary/aromatic N) is 5. The summed E-state index contributed by atoms with van der Waals surface area (Å²) in [5, 5.41) is 14.8. The zero-order valence-electron chi connectivity index (χ0n) is 15.0. The number of rotatable bonds is 5. The van der Waals surface area contributed by atoms with Crippen molar-refractivity contribution in [3.63, 3.8) is 0 Å². The highest BCUT2D eigenvalue weighted by molar-refractivity contribution is 5.94. The van der Waals surface area contributed by atoms with Gasteiger partial charge in [-0.1, -0.05) is 5.16 Å². The van der Waals surface area contributed by atoms with Gasteiger partial charge < -0.3 is 9.84 Å². The second kappa shape index (κ2) is 6.73. The lowest BCUT2D eigenvalue weighted by Gasteiger charge is -2.06. The number of fused-ring (bicyclic) bond motifs is 1. The van der Waals surface area contributed by atoms with Gasteiger partial charge in [0.1, 0.15) is 11.6 Å². The second-order valence-electron chi connectivity index (χ2n) is 6.77. The van der Waals surface area contributed by atoms with Gasteiger partial charge in [-0.05, 0) is 43.2 Å². The number of hydrogen-bond donors (Lipinski definition) is 1. The first-order valence-electron chi connectivity index (χ1n) is 9.00. The maximum absolute atomic E-state index is 13.8. The van der Waals surface area contributed by atoms with E-state index in [1.165, 1.54) is 0 Å². The van der Waals surface area contributed by atoms with Crippen molar-refractivity contribution < 1.29 is 18.1 Å². The van der Waals surface area contributed by atoms with Crippen molar-refractivity contribution in [2.75, 3.05) is 0 Å². The highest BCUT2D eigenvalue weighted by atomic mass is 19.1. The number of carbonyl (C=O) groups excluding carboxylic acids is 1. The summed E-state index contributed by atoms with van der Waals surface area (Å²) in [6.07, 6.45) is 3.84. The van der Waals surface area contributed by atoms with Gasteiger partial charge in [0.25, 0.3) is 11.8 Å². The van der Waals surface area contributed by atoms with Crippen molar-refractivity contribution in [3.8, 4) is 11.5 Å². The van der Waals surface area contributed by atoms with Crippen LogP contribution in [0.1, 0.15) is 40.8 Å². The van der Waals surface area contributed by atoms with Crippen LogP contribution in [0, 0.1) is 11.6 Å². The maximum Gasteiger partial charge on any atom is 0.261 e. The minimum absolute atomic E-state index is 0.0312. The van der Waals surface area contributed by atoms with E-state index in [0.717, 1.165) is 31.0 Å². The van der Waals surface area contributed by atoms with Gasteiger partial charge in [0.2, 0.25) is 0 Å². The van der Waals surface area contributed by atoms with E-state index in [1.807, 2.05) is 0 Å². The first-order valence-corrected chi connectivity index (χ1v) is 9.00. The molecule has 8 nitrogen and oxygen atoms in total. The predicted octanol–water partition coefficient (Wildman–Crippen LogP) is 2.86. The molecule has 4 aromatic rings. The van der Waals surface area contributed by atoms with E-state index in [1.54, 1.807) is 22.7 Å². The number of amides is 1. The molecule has 5 rings (SSSR count). The van der Waals surface area contributed by atoms with Crippen molar-refractivity contribution in [2.45, 2.75) is 25.3 Å². The number of pyridine rings is 1. The van der Waals surface area contributed by atoms with E-state index in [-0.39, 0.29) is 12.1 Å². The zero-order valence-corrected chi connectivity index (χ0v) is 15.0. The summed E-state index contributed by atoms with van der Waals surface area (Å²) in [6, 6.07) is 6.26. The maximum atomic E-state index is 13.8. The lowest BCUT2D eigenvalue weighted by atomic mass is 10.2.